The molecule has 3 N–H and O–H groups in total. The van der Waals surface area contributed by atoms with E-state index in [0.29, 0.717) is 12.4 Å². The molecule has 0 aromatic carbocycles. The molecule has 0 spiro atoms. The van der Waals surface area contributed by atoms with Crippen LogP contribution >= 0.6 is 0 Å². The summed E-state index contributed by atoms with van der Waals surface area (Å²) in [5, 5.41) is 9.16. The summed E-state index contributed by atoms with van der Waals surface area (Å²) in [7, 11) is 0. The summed E-state index contributed by atoms with van der Waals surface area (Å²) in [6.07, 6.45) is 3.80. The number of nitrogens with one attached hydrogen (secondary N) is 3. The normalized spacial score (nSPS) is 10.2. The van der Waals surface area contributed by atoms with Crippen LogP contribution in [0.4, 0.5) is 11.6 Å². The SMILES string of the molecule is CCCNC(=O)CNc1cc(NCCC)nc(CCC)n1. The van der Waals surface area contributed by atoms with E-state index in [1.165, 1.54) is 0 Å². The summed E-state index contributed by atoms with van der Waals surface area (Å²) in [6, 6.07) is 1.85. The number of rotatable bonds is 10. The summed E-state index contributed by atoms with van der Waals surface area (Å²) < 4.78 is 0. The second kappa shape index (κ2) is 9.96. The average Bonchev–Trinajstić information content (AvgIpc) is 2.49. The van der Waals surface area contributed by atoms with Gasteiger partial charge in [-0.1, -0.05) is 20.8 Å². The molecule has 0 aliphatic heterocycles. The lowest BCUT2D eigenvalue weighted by Crippen LogP contribution is -2.30. The number of nitrogens with zero attached hydrogens (tertiary/aromatic N) is 2. The van der Waals surface area contributed by atoms with Crippen molar-refractivity contribution < 1.29 is 4.79 Å². The van der Waals surface area contributed by atoms with Crippen molar-refractivity contribution in [2.24, 2.45) is 0 Å². The second-order valence-electron chi connectivity index (χ2n) is 4.93. The maximum Gasteiger partial charge on any atom is 0.239 e. The maximum atomic E-state index is 11.6. The topological polar surface area (TPSA) is 78.9 Å². The van der Waals surface area contributed by atoms with E-state index < -0.39 is 0 Å². The van der Waals surface area contributed by atoms with Gasteiger partial charge in [-0.15, -0.1) is 0 Å². The van der Waals surface area contributed by atoms with Crippen LogP contribution in [0.1, 0.15) is 45.9 Å². The van der Waals surface area contributed by atoms with Crippen molar-refractivity contribution in [2.45, 2.75) is 46.5 Å². The number of carbonyl (C=O) groups excluding carboxylic acids is 1. The Balaban J connectivity index is 2.65. The Morgan fingerprint density at radius 1 is 1.00 bits per heavy atom. The first-order valence-electron chi connectivity index (χ1n) is 7.81. The van der Waals surface area contributed by atoms with Gasteiger partial charge in [0.2, 0.25) is 5.91 Å². The fraction of sp³-hybridized carbons (Fsp3) is 0.667. The third-order valence-electron chi connectivity index (χ3n) is 2.80. The number of hydrogen-bond acceptors (Lipinski definition) is 5. The van der Waals surface area contributed by atoms with Gasteiger partial charge in [-0.3, -0.25) is 4.79 Å². The summed E-state index contributed by atoms with van der Waals surface area (Å²) in [5.41, 5.74) is 0. The molecule has 0 aliphatic carbocycles. The Morgan fingerprint density at radius 2 is 1.67 bits per heavy atom. The highest BCUT2D eigenvalue weighted by Crippen LogP contribution is 2.12. The van der Waals surface area contributed by atoms with Gasteiger partial charge in [0.1, 0.15) is 17.5 Å². The van der Waals surface area contributed by atoms with Gasteiger partial charge in [-0.25, -0.2) is 9.97 Å². The number of aryl methyl sites for hydroxylation is 1. The molecular formula is C15H27N5O. The van der Waals surface area contributed by atoms with Gasteiger partial charge >= 0.3 is 0 Å². The Morgan fingerprint density at radius 3 is 2.29 bits per heavy atom. The highest BCUT2D eigenvalue weighted by molar-refractivity contribution is 5.80. The van der Waals surface area contributed by atoms with Crippen molar-refractivity contribution in [3.05, 3.63) is 11.9 Å². The monoisotopic (exact) mass is 293 g/mol. The molecule has 1 rings (SSSR count). The largest absolute Gasteiger partial charge is 0.370 e. The molecule has 0 bridgehead atoms. The van der Waals surface area contributed by atoms with Crippen LogP contribution in [0.25, 0.3) is 0 Å². The van der Waals surface area contributed by atoms with Gasteiger partial charge in [-0.2, -0.15) is 0 Å². The quantitative estimate of drug-likeness (QED) is 0.616. The van der Waals surface area contributed by atoms with Crippen molar-refractivity contribution >= 4 is 17.5 Å². The van der Waals surface area contributed by atoms with Crippen LogP contribution in [0.15, 0.2) is 6.07 Å². The molecule has 1 aromatic heterocycles. The molecule has 0 aliphatic rings. The standard InChI is InChI=1S/C15H27N5O/c1-4-7-12-19-13(16-8-5-2)10-14(20-12)18-11-15(21)17-9-6-3/h10H,4-9,11H2,1-3H3,(H,17,21)(H2,16,18,19,20). The summed E-state index contributed by atoms with van der Waals surface area (Å²) in [5.74, 6) is 2.29. The molecule has 0 radical (unpaired) electrons. The van der Waals surface area contributed by atoms with Crippen LogP contribution in [0.5, 0.6) is 0 Å². The molecule has 118 valence electrons. The molecule has 0 saturated heterocycles. The Kier molecular flexibility index (Phi) is 8.16. The molecule has 0 saturated carbocycles. The third kappa shape index (κ3) is 6.92. The van der Waals surface area contributed by atoms with E-state index in [1.54, 1.807) is 0 Å². The van der Waals surface area contributed by atoms with Gasteiger partial charge in [0.25, 0.3) is 0 Å². The van der Waals surface area contributed by atoms with Crippen LogP contribution in [0.2, 0.25) is 0 Å². The van der Waals surface area contributed by atoms with Gasteiger partial charge in [-0.05, 0) is 19.3 Å². The molecule has 6 heteroatoms. The minimum Gasteiger partial charge on any atom is -0.370 e. The number of amides is 1. The average molecular weight is 293 g/mol. The van der Waals surface area contributed by atoms with E-state index >= 15 is 0 Å². The third-order valence-corrected chi connectivity index (χ3v) is 2.80. The van der Waals surface area contributed by atoms with E-state index in [9.17, 15) is 4.79 Å². The van der Waals surface area contributed by atoms with Crippen LogP contribution in [0.3, 0.4) is 0 Å². The van der Waals surface area contributed by atoms with Gasteiger partial charge < -0.3 is 16.0 Å². The number of aromatic nitrogens is 2. The van der Waals surface area contributed by atoms with Gasteiger partial charge in [0, 0.05) is 25.6 Å². The smallest absolute Gasteiger partial charge is 0.239 e. The molecular weight excluding hydrogens is 266 g/mol. The molecule has 0 atom stereocenters. The van der Waals surface area contributed by atoms with Crippen LogP contribution in [-0.2, 0) is 11.2 Å². The molecule has 1 aromatic rings. The summed E-state index contributed by atoms with van der Waals surface area (Å²) in [4.78, 5) is 20.5. The zero-order valence-corrected chi connectivity index (χ0v) is 13.3. The Labute approximate surface area is 127 Å². The number of anilines is 2. The van der Waals surface area contributed by atoms with Crippen molar-refractivity contribution in [1.29, 1.82) is 0 Å². The molecule has 0 unspecified atom stereocenters. The highest BCUT2D eigenvalue weighted by atomic mass is 16.1. The molecule has 21 heavy (non-hydrogen) atoms. The summed E-state index contributed by atoms with van der Waals surface area (Å²) in [6.45, 7) is 8.05. The van der Waals surface area contributed by atoms with Crippen molar-refractivity contribution in [2.75, 3.05) is 30.3 Å². The Bertz CT molecular complexity index is 436. The van der Waals surface area contributed by atoms with Crippen molar-refractivity contribution in [1.82, 2.24) is 15.3 Å². The van der Waals surface area contributed by atoms with E-state index in [0.717, 1.165) is 43.9 Å². The lowest BCUT2D eigenvalue weighted by molar-refractivity contribution is -0.119. The highest BCUT2D eigenvalue weighted by Gasteiger charge is 2.06. The van der Waals surface area contributed by atoms with Crippen molar-refractivity contribution in [3.63, 3.8) is 0 Å². The molecule has 1 amide bonds. The van der Waals surface area contributed by atoms with Crippen molar-refractivity contribution in [3.8, 4) is 0 Å². The van der Waals surface area contributed by atoms with E-state index in [-0.39, 0.29) is 12.5 Å². The van der Waals surface area contributed by atoms with Gasteiger partial charge in [0.05, 0.1) is 6.54 Å². The first-order chi connectivity index (χ1) is 10.2. The Hall–Kier alpha value is -1.85. The minimum absolute atomic E-state index is 0.0180. The van der Waals surface area contributed by atoms with E-state index in [1.807, 2.05) is 13.0 Å². The first kappa shape index (κ1) is 17.2. The fourth-order valence-corrected chi connectivity index (χ4v) is 1.76. The minimum atomic E-state index is -0.0180. The van der Waals surface area contributed by atoms with Crippen LogP contribution in [0, 0.1) is 0 Å². The van der Waals surface area contributed by atoms with E-state index in [4.69, 9.17) is 0 Å². The van der Waals surface area contributed by atoms with Gasteiger partial charge in [0.15, 0.2) is 0 Å². The zero-order valence-electron chi connectivity index (χ0n) is 13.3. The lowest BCUT2D eigenvalue weighted by Gasteiger charge is -2.11. The van der Waals surface area contributed by atoms with Crippen LogP contribution < -0.4 is 16.0 Å². The second-order valence-corrected chi connectivity index (χ2v) is 4.93. The number of hydrogen-bond donors (Lipinski definition) is 3. The fourth-order valence-electron chi connectivity index (χ4n) is 1.76. The number of carbonyl (C=O) groups is 1. The molecule has 1 heterocycles. The summed E-state index contributed by atoms with van der Waals surface area (Å²) >= 11 is 0. The molecule has 0 fully saturated rings. The maximum absolute atomic E-state index is 11.6. The first-order valence-corrected chi connectivity index (χ1v) is 7.81. The molecule has 6 nitrogen and oxygen atoms in total. The predicted molar refractivity (Wildman–Crippen MR) is 86.6 cm³/mol. The zero-order chi connectivity index (χ0) is 15.5. The predicted octanol–water partition coefficient (Wildman–Crippen LogP) is 2.19. The van der Waals surface area contributed by atoms with Crippen LogP contribution in [-0.4, -0.2) is 35.5 Å². The lowest BCUT2D eigenvalue weighted by atomic mass is 10.3. The van der Waals surface area contributed by atoms with E-state index in [2.05, 4.69) is 39.8 Å².